The Morgan fingerprint density at radius 3 is 2.62 bits per heavy atom. The lowest BCUT2D eigenvalue weighted by molar-refractivity contribution is -0.186. The molecule has 0 spiro atoms. The first-order chi connectivity index (χ1) is 9.92. The van der Waals surface area contributed by atoms with E-state index < -0.39 is 0 Å². The first kappa shape index (κ1) is 15.3. The standard InChI is InChI=1S/C18H30O3/c1-11(2)9-18(10-13(18)4)17(19)21-15-8-14-7-5-6-12(3)16(14)20-15/h11-16H,5-10H2,1-4H3. The highest BCUT2D eigenvalue weighted by Crippen LogP contribution is 2.57. The van der Waals surface area contributed by atoms with Crippen LogP contribution in [0.15, 0.2) is 0 Å². The summed E-state index contributed by atoms with van der Waals surface area (Å²) in [5.41, 5.74) is -0.211. The number of hydrogen-bond donors (Lipinski definition) is 0. The van der Waals surface area contributed by atoms with Crippen molar-refractivity contribution in [3.63, 3.8) is 0 Å². The van der Waals surface area contributed by atoms with Crippen LogP contribution in [-0.2, 0) is 14.3 Å². The molecule has 2 saturated carbocycles. The zero-order chi connectivity index (χ0) is 15.2. The van der Waals surface area contributed by atoms with Crippen molar-refractivity contribution in [2.75, 3.05) is 0 Å². The summed E-state index contributed by atoms with van der Waals surface area (Å²) in [6.45, 7) is 8.80. The molecule has 0 aromatic heterocycles. The van der Waals surface area contributed by atoms with Gasteiger partial charge in [-0.05, 0) is 49.4 Å². The highest BCUT2D eigenvalue weighted by molar-refractivity contribution is 5.80. The van der Waals surface area contributed by atoms with Gasteiger partial charge in [-0.1, -0.05) is 34.1 Å². The lowest BCUT2D eigenvalue weighted by atomic mass is 9.80. The van der Waals surface area contributed by atoms with Gasteiger partial charge in [0, 0.05) is 6.42 Å². The zero-order valence-electron chi connectivity index (χ0n) is 13.9. The van der Waals surface area contributed by atoms with E-state index in [9.17, 15) is 4.79 Å². The summed E-state index contributed by atoms with van der Waals surface area (Å²) >= 11 is 0. The van der Waals surface area contributed by atoms with Crippen molar-refractivity contribution in [3.05, 3.63) is 0 Å². The summed E-state index contributed by atoms with van der Waals surface area (Å²) in [4.78, 5) is 12.6. The summed E-state index contributed by atoms with van der Waals surface area (Å²) in [7, 11) is 0. The Morgan fingerprint density at radius 2 is 2.05 bits per heavy atom. The molecule has 6 atom stereocenters. The molecule has 3 rings (SSSR count). The minimum atomic E-state index is -0.287. The van der Waals surface area contributed by atoms with E-state index in [1.165, 1.54) is 19.3 Å². The number of hydrogen-bond acceptors (Lipinski definition) is 3. The molecule has 3 heteroatoms. The predicted octanol–water partition coefficient (Wildman–Crippen LogP) is 4.15. The smallest absolute Gasteiger partial charge is 0.314 e. The van der Waals surface area contributed by atoms with Crippen LogP contribution in [0.4, 0.5) is 0 Å². The van der Waals surface area contributed by atoms with Crippen LogP contribution in [0.2, 0.25) is 0 Å². The second kappa shape index (κ2) is 5.57. The molecule has 0 aromatic rings. The van der Waals surface area contributed by atoms with Gasteiger partial charge >= 0.3 is 5.97 Å². The molecular formula is C18H30O3. The number of rotatable bonds is 4. The largest absolute Gasteiger partial charge is 0.435 e. The molecule has 1 aliphatic heterocycles. The summed E-state index contributed by atoms with van der Waals surface area (Å²) < 4.78 is 11.9. The van der Waals surface area contributed by atoms with Gasteiger partial charge in [0.1, 0.15) is 0 Å². The van der Waals surface area contributed by atoms with Crippen molar-refractivity contribution in [2.45, 2.75) is 78.6 Å². The van der Waals surface area contributed by atoms with Crippen LogP contribution in [-0.4, -0.2) is 18.4 Å². The van der Waals surface area contributed by atoms with Gasteiger partial charge in [0.25, 0.3) is 0 Å². The van der Waals surface area contributed by atoms with E-state index in [1.54, 1.807) is 0 Å². The lowest BCUT2D eigenvalue weighted by Gasteiger charge is -2.29. The molecule has 1 saturated heterocycles. The minimum absolute atomic E-state index is 0.000000000000000444. The Bertz CT molecular complexity index is 405. The zero-order valence-corrected chi connectivity index (χ0v) is 13.9. The normalized spacial score (nSPS) is 45.5. The number of carbonyl (C=O) groups is 1. The molecule has 0 bridgehead atoms. The van der Waals surface area contributed by atoms with Crippen LogP contribution in [0.1, 0.15) is 66.2 Å². The Morgan fingerprint density at radius 1 is 1.33 bits per heavy atom. The van der Waals surface area contributed by atoms with Crippen molar-refractivity contribution >= 4 is 5.97 Å². The fraction of sp³-hybridized carbons (Fsp3) is 0.944. The van der Waals surface area contributed by atoms with Crippen LogP contribution in [0.3, 0.4) is 0 Å². The molecule has 3 nitrogen and oxygen atoms in total. The summed E-state index contributed by atoms with van der Waals surface area (Å²) in [5, 5.41) is 0. The maximum absolute atomic E-state index is 12.6. The van der Waals surface area contributed by atoms with E-state index in [-0.39, 0.29) is 17.7 Å². The van der Waals surface area contributed by atoms with Gasteiger partial charge in [0.15, 0.2) is 0 Å². The van der Waals surface area contributed by atoms with Gasteiger partial charge in [0.2, 0.25) is 6.29 Å². The fourth-order valence-corrected chi connectivity index (χ4v) is 4.65. The van der Waals surface area contributed by atoms with Gasteiger partial charge in [-0.2, -0.15) is 0 Å². The molecule has 120 valence electrons. The molecule has 0 aromatic carbocycles. The van der Waals surface area contributed by atoms with Gasteiger partial charge in [-0.25, -0.2) is 0 Å². The monoisotopic (exact) mass is 294 g/mol. The highest BCUT2D eigenvalue weighted by atomic mass is 16.7. The van der Waals surface area contributed by atoms with Crippen LogP contribution >= 0.6 is 0 Å². The number of carbonyl (C=O) groups excluding carboxylic acids is 1. The van der Waals surface area contributed by atoms with Crippen LogP contribution in [0, 0.1) is 29.1 Å². The van der Waals surface area contributed by atoms with Gasteiger partial charge in [-0.15, -0.1) is 0 Å². The first-order valence-electron chi connectivity index (χ1n) is 8.79. The fourth-order valence-electron chi connectivity index (χ4n) is 4.65. The summed E-state index contributed by atoms with van der Waals surface area (Å²) in [6.07, 6.45) is 6.64. The average molecular weight is 294 g/mol. The second-order valence-corrected chi connectivity index (χ2v) is 8.20. The van der Waals surface area contributed by atoms with Crippen molar-refractivity contribution in [3.8, 4) is 0 Å². The molecule has 2 aliphatic carbocycles. The molecule has 0 amide bonds. The molecular weight excluding hydrogens is 264 g/mol. The van der Waals surface area contributed by atoms with E-state index in [2.05, 4.69) is 27.7 Å². The Labute approximate surface area is 128 Å². The Kier molecular flexibility index (Phi) is 4.06. The third kappa shape index (κ3) is 2.86. The number of ether oxygens (including phenoxy) is 2. The van der Waals surface area contributed by atoms with Crippen molar-refractivity contribution in [1.82, 2.24) is 0 Å². The minimum Gasteiger partial charge on any atom is -0.435 e. The van der Waals surface area contributed by atoms with Crippen molar-refractivity contribution in [1.29, 1.82) is 0 Å². The van der Waals surface area contributed by atoms with Crippen LogP contribution < -0.4 is 0 Å². The van der Waals surface area contributed by atoms with Crippen LogP contribution in [0.25, 0.3) is 0 Å². The topological polar surface area (TPSA) is 35.5 Å². The first-order valence-corrected chi connectivity index (χ1v) is 8.79. The van der Waals surface area contributed by atoms with Crippen molar-refractivity contribution < 1.29 is 14.3 Å². The molecule has 6 unspecified atom stereocenters. The maximum atomic E-state index is 12.6. The third-order valence-corrected chi connectivity index (χ3v) is 5.94. The van der Waals surface area contributed by atoms with Gasteiger partial charge in [0.05, 0.1) is 11.5 Å². The molecule has 0 N–H and O–H groups in total. The Hall–Kier alpha value is -0.570. The van der Waals surface area contributed by atoms with E-state index in [0.29, 0.717) is 29.8 Å². The van der Waals surface area contributed by atoms with E-state index in [4.69, 9.17) is 9.47 Å². The van der Waals surface area contributed by atoms with E-state index >= 15 is 0 Å². The third-order valence-electron chi connectivity index (χ3n) is 5.94. The number of fused-ring (bicyclic) bond motifs is 1. The molecule has 0 radical (unpaired) electrons. The van der Waals surface area contributed by atoms with Crippen molar-refractivity contribution in [2.24, 2.45) is 29.1 Å². The van der Waals surface area contributed by atoms with E-state index in [1.807, 2.05) is 0 Å². The summed E-state index contributed by atoms with van der Waals surface area (Å²) in [6, 6.07) is 0. The molecule has 21 heavy (non-hydrogen) atoms. The SMILES string of the molecule is CC(C)CC1(C(=O)OC2CC3CCCC(C)C3O2)CC1C. The van der Waals surface area contributed by atoms with Crippen LogP contribution in [0.5, 0.6) is 0 Å². The average Bonchev–Trinajstić information content (AvgIpc) is 2.85. The maximum Gasteiger partial charge on any atom is 0.314 e. The predicted molar refractivity (Wildman–Crippen MR) is 81.5 cm³/mol. The number of esters is 1. The van der Waals surface area contributed by atoms with Gasteiger partial charge in [-0.3, -0.25) is 4.79 Å². The molecule has 3 fully saturated rings. The second-order valence-electron chi connectivity index (χ2n) is 8.20. The van der Waals surface area contributed by atoms with Gasteiger partial charge < -0.3 is 9.47 Å². The molecule has 3 aliphatic rings. The quantitative estimate of drug-likeness (QED) is 0.731. The Balaban J connectivity index is 1.59. The lowest BCUT2D eigenvalue weighted by Crippen LogP contribution is -2.30. The summed E-state index contributed by atoms with van der Waals surface area (Å²) in [5.74, 6) is 2.21. The highest BCUT2D eigenvalue weighted by Gasteiger charge is 2.59. The molecule has 1 heterocycles. The van der Waals surface area contributed by atoms with E-state index in [0.717, 1.165) is 19.3 Å².